The Kier molecular flexibility index (Phi) is 4.26. The van der Waals surface area contributed by atoms with Crippen molar-refractivity contribution in [3.63, 3.8) is 0 Å². The van der Waals surface area contributed by atoms with Gasteiger partial charge in [-0.2, -0.15) is 0 Å². The Morgan fingerprint density at radius 3 is 2.33 bits per heavy atom. The van der Waals surface area contributed by atoms with Crippen molar-refractivity contribution in [1.29, 1.82) is 0 Å². The molecule has 4 nitrogen and oxygen atoms in total. The van der Waals surface area contributed by atoms with E-state index in [0.717, 1.165) is 5.56 Å². The van der Waals surface area contributed by atoms with Gasteiger partial charge in [-0.15, -0.1) is 0 Å². The number of aromatic nitrogens is 2. The molecule has 1 heterocycles. The minimum absolute atomic E-state index is 0.115. The van der Waals surface area contributed by atoms with Crippen LogP contribution in [0.2, 0.25) is 0 Å². The van der Waals surface area contributed by atoms with Crippen molar-refractivity contribution in [2.24, 2.45) is 0 Å². The summed E-state index contributed by atoms with van der Waals surface area (Å²) in [7, 11) is 0. The summed E-state index contributed by atoms with van der Waals surface area (Å²) >= 11 is 0. The molecule has 0 aliphatic heterocycles. The molecule has 1 aromatic heterocycles. The number of hydrogen-bond donors (Lipinski definition) is 1. The van der Waals surface area contributed by atoms with E-state index in [1.165, 1.54) is 28.8 Å². The quantitative estimate of drug-likeness (QED) is 0.590. The number of aromatic hydroxyl groups is 1. The van der Waals surface area contributed by atoms with Crippen LogP contribution in [-0.2, 0) is 0 Å². The second kappa shape index (κ2) is 6.88. The van der Waals surface area contributed by atoms with Crippen LogP contribution in [-0.4, -0.2) is 14.7 Å². The van der Waals surface area contributed by atoms with Gasteiger partial charge < -0.3 is 5.11 Å². The van der Waals surface area contributed by atoms with Gasteiger partial charge in [0.05, 0.1) is 16.6 Å². The molecule has 0 radical (unpaired) electrons. The van der Waals surface area contributed by atoms with Gasteiger partial charge in [-0.05, 0) is 60.2 Å². The Morgan fingerprint density at radius 1 is 0.889 bits per heavy atom. The van der Waals surface area contributed by atoms with Gasteiger partial charge in [0.2, 0.25) is 0 Å². The molecule has 0 atom stereocenters. The summed E-state index contributed by atoms with van der Waals surface area (Å²) in [5.41, 5.74) is 1.77. The molecule has 0 aliphatic rings. The van der Waals surface area contributed by atoms with E-state index in [0.29, 0.717) is 22.4 Å². The molecule has 4 aromatic rings. The Morgan fingerprint density at radius 2 is 1.59 bits per heavy atom. The summed E-state index contributed by atoms with van der Waals surface area (Å²) in [5, 5.41) is 10.0. The number of phenolic OH excluding ortho intramolecular Hbond substituents is 1. The van der Waals surface area contributed by atoms with Gasteiger partial charge in [0.1, 0.15) is 17.4 Å². The smallest absolute Gasteiger partial charge is 0.266 e. The van der Waals surface area contributed by atoms with E-state index in [9.17, 15) is 14.3 Å². The van der Waals surface area contributed by atoms with Gasteiger partial charge in [-0.1, -0.05) is 30.3 Å². The highest BCUT2D eigenvalue weighted by Crippen LogP contribution is 2.17. The molecule has 0 bridgehead atoms. The van der Waals surface area contributed by atoms with Crippen LogP contribution in [0.5, 0.6) is 5.75 Å². The second-order valence-corrected chi connectivity index (χ2v) is 6.03. The molecule has 5 heteroatoms. The number of rotatable bonds is 3. The van der Waals surface area contributed by atoms with Crippen molar-refractivity contribution in [2.45, 2.75) is 0 Å². The Hall–Kier alpha value is -3.73. The number of fused-ring (bicyclic) bond motifs is 1. The lowest BCUT2D eigenvalue weighted by atomic mass is 10.2. The van der Waals surface area contributed by atoms with Crippen LogP contribution in [0.3, 0.4) is 0 Å². The first-order valence-electron chi connectivity index (χ1n) is 8.37. The molecular formula is C22H15FN2O2. The summed E-state index contributed by atoms with van der Waals surface area (Å²) in [6.07, 6.45) is 3.49. The first-order chi connectivity index (χ1) is 13.1. The predicted octanol–water partition coefficient (Wildman–Crippen LogP) is 4.40. The number of halogens is 1. The summed E-state index contributed by atoms with van der Waals surface area (Å²) in [5.74, 6) is 0.245. The summed E-state index contributed by atoms with van der Waals surface area (Å²) in [6, 6.07) is 19.5. The molecule has 3 aromatic carbocycles. The van der Waals surface area contributed by atoms with E-state index >= 15 is 0 Å². The van der Waals surface area contributed by atoms with E-state index in [1.807, 2.05) is 6.07 Å². The van der Waals surface area contributed by atoms with E-state index in [2.05, 4.69) is 4.98 Å². The predicted molar refractivity (Wildman–Crippen MR) is 104 cm³/mol. The normalized spacial score (nSPS) is 11.3. The maximum absolute atomic E-state index is 13.1. The fourth-order valence-electron chi connectivity index (χ4n) is 2.86. The third-order valence-electron chi connectivity index (χ3n) is 4.20. The highest BCUT2D eigenvalue weighted by molar-refractivity contribution is 5.80. The van der Waals surface area contributed by atoms with E-state index in [1.54, 1.807) is 54.6 Å². The second-order valence-electron chi connectivity index (χ2n) is 6.03. The average molecular weight is 358 g/mol. The highest BCUT2D eigenvalue weighted by Gasteiger charge is 2.11. The van der Waals surface area contributed by atoms with Gasteiger partial charge in [0.15, 0.2) is 0 Å². The minimum Gasteiger partial charge on any atom is -0.508 e. The van der Waals surface area contributed by atoms with Crippen molar-refractivity contribution in [3.8, 4) is 11.4 Å². The fraction of sp³-hybridized carbons (Fsp3) is 0. The van der Waals surface area contributed by atoms with Crippen LogP contribution in [0.4, 0.5) is 4.39 Å². The van der Waals surface area contributed by atoms with Crippen LogP contribution < -0.4 is 5.56 Å². The SMILES string of the molecule is O=c1c2ccccc2nc(/C=C/c2ccc(F)cc2)n1-c1ccc(O)cc1. The van der Waals surface area contributed by atoms with Crippen molar-refractivity contribution < 1.29 is 9.50 Å². The molecule has 0 spiro atoms. The van der Waals surface area contributed by atoms with Crippen LogP contribution in [0.25, 0.3) is 28.7 Å². The third-order valence-corrected chi connectivity index (χ3v) is 4.20. The maximum atomic E-state index is 13.1. The summed E-state index contributed by atoms with van der Waals surface area (Å²) in [4.78, 5) is 17.7. The average Bonchev–Trinajstić information content (AvgIpc) is 2.69. The first-order valence-corrected chi connectivity index (χ1v) is 8.37. The zero-order valence-corrected chi connectivity index (χ0v) is 14.2. The maximum Gasteiger partial charge on any atom is 0.266 e. The molecule has 0 fully saturated rings. The van der Waals surface area contributed by atoms with Crippen LogP contribution in [0.1, 0.15) is 11.4 Å². The molecule has 0 saturated carbocycles. The monoisotopic (exact) mass is 358 g/mol. The Balaban J connectivity index is 1.92. The number of phenols is 1. The van der Waals surface area contributed by atoms with Crippen molar-refractivity contribution in [1.82, 2.24) is 9.55 Å². The lowest BCUT2D eigenvalue weighted by molar-refractivity contribution is 0.475. The molecule has 0 amide bonds. The standard InChI is InChI=1S/C22H15FN2O2/c23-16-8-5-15(6-9-16)7-14-21-24-20-4-2-1-3-19(20)22(27)25(21)17-10-12-18(26)13-11-17/h1-14,26H/b14-7+. The van der Waals surface area contributed by atoms with Gasteiger partial charge >= 0.3 is 0 Å². The zero-order valence-electron chi connectivity index (χ0n) is 14.2. The highest BCUT2D eigenvalue weighted by atomic mass is 19.1. The van der Waals surface area contributed by atoms with Gasteiger partial charge in [-0.3, -0.25) is 9.36 Å². The van der Waals surface area contributed by atoms with Crippen molar-refractivity contribution in [3.05, 3.63) is 100 Å². The van der Waals surface area contributed by atoms with E-state index in [4.69, 9.17) is 0 Å². The van der Waals surface area contributed by atoms with Gasteiger partial charge in [-0.25, -0.2) is 9.37 Å². The molecule has 27 heavy (non-hydrogen) atoms. The Bertz CT molecular complexity index is 1190. The molecule has 0 unspecified atom stereocenters. The Labute approximate surface area is 154 Å². The number of para-hydroxylation sites is 1. The minimum atomic E-state index is -0.308. The third kappa shape index (κ3) is 3.35. The van der Waals surface area contributed by atoms with E-state index < -0.39 is 0 Å². The number of nitrogens with zero attached hydrogens (tertiary/aromatic N) is 2. The van der Waals surface area contributed by atoms with Crippen LogP contribution >= 0.6 is 0 Å². The zero-order chi connectivity index (χ0) is 18.8. The fourth-order valence-corrected chi connectivity index (χ4v) is 2.86. The first kappa shape index (κ1) is 16.7. The lowest BCUT2D eigenvalue weighted by Crippen LogP contribution is -2.22. The van der Waals surface area contributed by atoms with E-state index in [-0.39, 0.29) is 17.1 Å². The van der Waals surface area contributed by atoms with Crippen molar-refractivity contribution in [2.75, 3.05) is 0 Å². The number of hydrogen-bond acceptors (Lipinski definition) is 3. The van der Waals surface area contributed by atoms with Crippen molar-refractivity contribution >= 4 is 23.1 Å². The largest absolute Gasteiger partial charge is 0.508 e. The van der Waals surface area contributed by atoms with Crippen LogP contribution in [0.15, 0.2) is 77.6 Å². The van der Waals surface area contributed by atoms with Gasteiger partial charge in [0.25, 0.3) is 5.56 Å². The van der Waals surface area contributed by atoms with Gasteiger partial charge in [0, 0.05) is 0 Å². The molecule has 0 saturated heterocycles. The lowest BCUT2D eigenvalue weighted by Gasteiger charge is -2.11. The topological polar surface area (TPSA) is 55.1 Å². The van der Waals surface area contributed by atoms with Crippen LogP contribution in [0, 0.1) is 5.82 Å². The number of benzene rings is 3. The summed E-state index contributed by atoms with van der Waals surface area (Å²) < 4.78 is 14.6. The molecule has 4 rings (SSSR count). The molecular weight excluding hydrogens is 343 g/mol. The molecule has 0 aliphatic carbocycles. The molecule has 1 N–H and O–H groups in total. The summed E-state index contributed by atoms with van der Waals surface area (Å²) in [6.45, 7) is 0. The molecule has 132 valence electrons.